The van der Waals surface area contributed by atoms with Gasteiger partial charge in [-0.3, -0.25) is 0 Å². The van der Waals surface area contributed by atoms with Gasteiger partial charge in [0.1, 0.15) is 12.1 Å². The first kappa shape index (κ1) is 10.7. The summed E-state index contributed by atoms with van der Waals surface area (Å²) in [5.74, 6) is 0.922. The van der Waals surface area contributed by atoms with Crippen LogP contribution < -0.4 is 5.32 Å². The first-order chi connectivity index (χ1) is 8.34. The Morgan fingerprint density at radius 2 is 2.12 bits per heavy atom. The number of hydrogen-bond acceptors (Lipinski definition) is 5. The minimum atomic E-state index is 0.273. The summed E-state index contributed by atoms with van der Waals surface area (Å²) in [7, 11) is 0. The van der Waals surface area contributed by atoms with Crippen molar-refractivity contribution in [2.45, 2.75) is 13.0 Å². The second-order valence-corrected chi connectivity index (χ2v) is 5.63. The van der Waals surface area contributed by atoms with E-state index in [9.17, 15) is 0 Å². The summed E-state index contributed by atoms with van der Waals surface area (Å²) in [6.07, 6.45) is 1.61. The quantitative estimate of drug-likeness (QED) is 0.776. The third-order valence-corrected chi connectivity index (χ3v) is 4.53. The van der Waals surface area contributed by atoms with Crippen molar-refractivity contribution in [3.8, 4) is 0 Å². The van der Waals surface area contributed by atoms with Gasteiger partial charge in [0, 0.05) is 4.88 Å². The van der Waals surface area contributed by atoms with E-state index in [4.69, 9.17) is 0 Å². The number of rotatable bonds is 3. The monoisotopic (exact) mass is 261 g/mol. The minimum absolute atomic E-state index is 0.273. The maximum absolute atomic E-state index is 4.32. The van der Waals surface area contributed by atoms with Crippen LogP contribution in [0.15, 0.2) is 35.3 Å². The van der Waals surface area contributed by atoms with Gasteiger partial charge >= 0.3 is 0 Å². The summed E-state index contributed by atoms with van der Waals surface area (Å²) in [6, 6.07) is 6.49. The summed E-state index contributed by atoms with van der Waals surface area (Å²) in [5.41, 5.74) is 1.01. The Hall–Kier alpha value is -1.46. The second-order valence-electron chi connectivity index (χ2n) is 3.74. The smallest absolute Gasteiger partial charge is 0.147 e. The van der Waals surface area contributed by atoms with E-state index >= 15 is 0 Å². The van der Waals surface area contributed by atoms with Gasteiger partial charge in [-0.15, -0.1) is 22.7 Å². The molecule has 0 fully saturated rings. The predicted molar refractivity (Wildman–Crippen MR) is 73.8 cm³/mol. The average molecular weight is 261 g/mol. The number of aromatic nitrogens is 2. The summed E-state index contributed by atoms with van der Waals surface area (Å²) < 4.78 is 1.12. The molecule has 0 radical (unpaired) electrons. The molecule has 3 aromatic rings. The second kappa shape index (κ2) is 4.43. The van der Waals surface area contributed by atoms with Gasteiger partial charge in [0.15, 0.2) is 0 Å². The van der Waals surface area contributed by atoms with Crippen LogP contribution in [0, 0.1) is 0 Å². The summed E-state index contributed by atoms with van der Waals surface area (Å²) >= 11 is 3.42. The molecule has 0 saturated heterocycles. The number of nitrogens with zero attached hydrogens (tertiary/aromatic N) is 2. The molecule has 3 aromatic heterocycles. The van der Waals surface area contributed by atoms with Crippen LogP contribution in [0.5, 0.6) is 0 Å². The van der Waals surface area contributed by atoms with Crippen molar-refractivity contribution in [2.24, 2.45) is 0 Å². The number of anilines is 1. The van der Waals surface area contributed by atoms with Gasteiger partial charge in [-0.1, -0.05) is 6.07 Å². The molecule has 3 heterocycles. The zero-order valence-electron chi connectivity index (χ0n) is 9.25. The van der Waals surface area contributed by atoms with Crippen LogP contribution in [0.4, 0.5) is 5.82 Å². The lowest BCUT2D eigenvalue weighted by Crippen LogP contribution is -2.06. The molecule has 3 rings (SSSR count). The zero-order chi connectivity index (χ0) is 11.7. The molecule has 1 atom stereocenters. The van der Waals surface area contributed by atoms with Crippen molar-refractivity contribution in [3.05, 3.63) is 40.2 Å². The third kappa shape index (κ3) is 2.03. The van der Waals surface area contributed by atoms with Gasteiger partial charge in [0.25, 0.3) is 0 Å². The highest BCUT2D eigenvalue weighted by molar-refractivity contribution is 7.17. The Kier molecular flexibility index (Phi) is 2.78. The van der Waals surface area contributed by atoms with Crippen LogP contribution in [0.3, 0.4) is 0 Å². The fourth-order valence-electron chi connectivity index (χ4n) is 1.71. The van der Waals surface area contributed by atoms with Crippen molar-refractivity contribution in [1.82, 2.24) is 9.97 Å². The molecular weight excluding hydrogens is 250 g/mol. The lowest BCUT2D eigenvalue weighted by atomic mass is 10.3. The van der Waals surface area contributed by atoms with Gasteiger partial charge < -0.3 is 5.32 Å². The van der Waals surface area contributed by atoms with Crippen LogP contribution in [0.1, 0.15) is 17.8 Å². The molecular formula is C12H11N3S2. The highest BCUT2D eigenvalue weighted by Gasteiger charge is 2.10. The Morgan fingerprint density at radius 1 is 1.18 bits per heavy atom. The molecule has 1 N–H and O–H groups in total. The number of hydrogen-bond donors (Lipinski definition) is 1. The maximum atomic E-state index is 4.32. The molecule has 0 aromatic carbocycles. The first-order valence-electron chi connectivity index (χ1n) is 5.33. The highest BCUT2D eigenvalue weighted by Crippen LogP contribution is 2.28. The molecule has 86 valence electrons. The molecule has 0 bridgehead atoms. The largest absolute Gasteiger partial charge is 0.361 e. The van der Waals surface area contributed by atoms with Crippen molar-refractivity contribution in [3.63, 3.8) is 0 Å². The van der Waals surface area contributed by atoms with Gasteiger partial charge in [-0.2, -0.15) is 0 Å². The standard InChI is InChI=1S/C12H11N3S2/c1-8(10-3-2-5-16-10)15-12-11-9(4-6-17-11)13-7-14-12/h2-8H,1H3,(H,13,14,15)/t8-/m1/s1. The molecule has 0 unspecified atom stereocenters. The maximum Gasteiger partial charge on any atom is 0.147 e. The van der Waals surface area contributed by atoms with E-state index in [2.05, 4.69) is 39.7 Å². The Balaban J connectivity index is 1.92. The molecule has 5 heteroatoms. The van der Waals surface area contributed by atoms with E-state index in [0.29, 0.717) is 0 Å². The van der Waals surface area contributed by atoms with Crippen LogP contribution in [-0.4, -0.2) is 9.97 Å². The normalized spacial score (nSPS) is 12.8. The van der Waals surface area contributed by atoms with Gasteiger partial charge in [-0.05, 0) is 29.8 Å². The number of fused-ring (bicyclic) bond motifs is 1. The molecule has 0 amide bonds. The molecule has 0 aliphatic rings. The highest BCUT2D eigenvalue weighted by atomic mass is 32.1. The Labute approximate surface area is 107 Å². The van der Waals surface area contributed by atoms with Crippen LogP contribution >= 0.6 is 22.7 Å². The van der Waals surface area contributed by atoms with Gasteiger partial charge in [0.05, 0.1) is 16.3 Å². The average Bonchev–Trinajstić information content (AvgIpc) is 3.00. The van der Waals surface area contributed by atoms with Gasteiger partial charge in [-0.25, -0.2) is 9.97 Å². The van der Waals surface area contributed by atoms with E-state index < -0.39 is 0 Å². The molecule has 0 saturated carbocycles. The van der Waals surface area contributed by atoms with Crippen LogP contribution in [-0.2, 0) is 0 Å². The van der Waals surface area contributed by atoms with Crippen LogP contribution in [0.2, 0.25) is 0 Å². The minimum Gasteiger partial charge on any atom is -0.361 e. The number of thiophene rings is 2. The lowest BCUT2D eigenvalue weighted by Gasteiger charge is -2.12. The third-order valence-electron chi connectivity index (χ3n) is 2.57. The SMILES string of the molecule is C[C@@H](Nc1ncnc2ccsc12)c1cccs1. The molecule has 17 heavy (non-hydrogen) atoms. The van der Waals surface area contributed by atoms with E-state index in [-0.39, 0.29) is 6.04 Å². The summed E-state index contributed by atoms with van der Waals surface area (Å²) in [4.78, 5) is 9.87. The van der Waals surface area contributed by atoms with E-state index in [1.807, 2.05) is 11.4 Å². The zero-order valence-corrected chi connectivity index (χ0v) is 10.9. The van der Waals surface area contributed by atoms with E-state index in [1.54, 1.807) is 29.0 Å². The van der Waals surface area contributed by atoms with Crippen molar-refractivity contribution in [1.29, 1.82) is 0 Å². The molecule has 0 aliphatic carbocycles. The fourth-order valence-corrected chi connectivity index (χ4v) is 3.24. The summed E-state index contributed by atoms with van der Waals surface area (Å²) in [5, 5.41) is 7.58. The van der Waals surface area contributed by atoms with Gasteiger partial charge in [0.2, 0.25) is 0 Å². The Morgan fingerprint density at radius 3 is 2.94 bits per heavy atom. The topological polar surface area (TPSA) is 37.8 Å². The predicted octanol–water partition coefficient (Wildman–Crippen LogP) is 3.93. The molecule has 0 spiro atoms. The molecule has 0 aliphatic heterocycles. The lowest BCUT2D eigenvalue weighted by molar-refractivity contribution is 0.898. The number of nitrogens with one attached hydrogen (secondary N) is 1. The van der Waals surface area contributed by atoms with Crippen LogP contribution in [0.25, 0.3) is 10.2 Å². The van der Waals surface area contributed by atoms with Crippen molar-refractivity contribution >= 4 is 38.7 Å². The van der Waals surface area contributed by atoms with Crippen molar-refractivity contribution in [2.75, 3.05) is 5.32 Å². The van der Waals surface area contributed by atoms with E-state index in [0.717, 1.165) is 16.0 Å². The van der Waals surface area contributed by atoms with E-state index in [1.165, 1.54) is 4.88 Å². The molecule has 3 nitrogen and oxygen atoms in total. The fraction of sp³-hybridized carbons (Fsp3) is 0.167. The van der Waals surface area contributed by atoms with Crippen molar-refractivity contribution < 1.29 is 0 Å². The Bertz CT molecular complexity index is 616. The summed E-state index contributed by atoms with van der Waals surface area (Å²) in [6.45, 7) is 2.15. The first-order valence-corrected chi connectivity index (χ1v) is 7.08.